The fraction of sp³-hybridized carbons (Fsp3) is 0.154. The Kier molecular flexibility index (Phi) is 5.63. The predicted molar refractivity (Wildman–Crippen MR) is 91.2 cm³/mol. The van der Waals surface area contributed by atoms with Crippen LogP contribution in [0.2, 0.25) is 15.1 Å². The van der Waals surface area contributed by atoms with Crippen LogP contribution in [0.25, 0.3) is 0 Å². The number of nitrogens with one attached hydrogen (secondary N) is 2. The fourth-order valence-corrected chi connectivity index (χ4v) is 3.19. The molecular weight excluding hydrogens is 367 g/mol. The van der Waals surface area contributed by atoms with E-state index < -0.39 is 0 Å². The van der Waals surface area contributed by atoms with Gasteiger partial charge >= 0.3 is 5.13 Å². The third kappa shape index (κ3) is 3.70. The number of nitrogens with zero attached hydrogens (tertiary/aromatic N) is 1. The first kappa shape index (κ1) is 17.0. The van der Waals surface area contributed by atoms with Crippen molar-refractivity contribution in [2.24, 2.45) is 5.10 Å². The van der Waals surface area contributed by atoms with E-state index in [1.165, 1.54) is 17.6 Å². The highest BCUT2D eigenvalue weighted by Gasteiger charge is 2.18. The first-order valence-corrected chi connectivity index (χ1v) is 8.16. The van der Waals surface area contributed by atoms with Gasteiger partial charge in [-0.25, -0.2) is 10.4 Å². The maximum absolute atomic E-state index is 12.1. The Morgan fingerprint density at radius 3 is 2.77 bits per heavy atom. The summed E-state index contributed by atoms with van der Waals surface area (Å²) in [6.07, 6.45) is 2.01. The van der Waals surface area contributed by atoms with Crippen LogP contribution < -0.4 is 16.1 Å². The van der Waals surface area contributed by atoms with Gasteiger partial charge in [0.25, 0.3) is 5.91 Å². The summed E-state index contributed by atoms with van der Waals surface area (Å²) in [4.78, 5) is 15.5. The Bertz CT molecular complexity index is 745. The van der Waals surface area contributed by atoms with Crippen molar-refractivity contribution in [2.45, 2.75) is 13.3 Å². The highest BCUT2D eigenvalue weighted by atomic mass is 35.5. The number of amides is 1. The van der Waals surface area contributed by atoms with Gasteiger partial charge in [-0.05, 0) is 23.5 Å². The number of hydrogen-bond donors (Lipinski definition) is 2. The van der Waals surface area contributed by atoms with Crippen LogP contribution in [-0.4, -0.2) is 12.1 Å². The molecule has 5 nitrogen and oxygen atoms in total. The third-order valence-electron chi connectivity index (χ3n) is 2.76. The van der Waals surface area contributed by atoms with Crippen LogP contribution in [0.15, 0.2) is 17.2 Å². The lowest BCUT2D eigenvalue weighted by atomic mass is 10.2. The Morgan fingerprint density at radius 1 is 1.41 bits per heavy atom. The van der Waals surface area contributed by atoms with Crippen LogP contribution in [0, 0.1) is 0 Å². The van der Waals surface area contributed by atoms with Gasteiger partial charge in [-0.15, -0.1) is 0 Å². The van der Waals surface area contributed by atoms with Gasteiger partial charge in [0, 0.05) is 12.0 Å². The van der Waals surface area contributed by atoms with E-state index in [0.717, 1.165) is 5.69 Å². The zero-order chi connectivity index (χ0) is 16.3. The topological polar surface area (TPSA) is 81.6 Å². The average Bonchev–Trinajstić information content (AvgIpc) is 2.87. The molecule has 4 N–H and O–H groups in total. The van der Waals surface area contributed by atoms with Crippen LogP contribution in [0.5, 0.6) is 0 Å². The number of H-pyrrole nitrogens is 1. The van der Waals surface area contributed by atoms with E-state index in [1.54, 1.807) is 12.1 Å². The van der Waals surface area contributed by atoms with Crippen molar-refractivity contribution in [3.63, 3.8) is 0 Å². The first-order chi connectivity index (χ1) is 10.4. The lowest BCUT2D eigenvalue weighted by Gasteiger charge is -2.03. The van der Waals surface area contributed by atoms with Gasteiger partial charge in [0.05, 0.1) is 21.3 Å². The summed E-state index contributed by atoms with van der Waals surface area (Å²) in [6.45, 7) is 1.92. The molecule has 22 heavy (non-hydrogen) atoms. The molecule has 2 rings (SSSR count). The van der Waals surface area contributed by atoms with Crippen molar-refractivity contribution in [3.8, 4) is 0 Å². The maximum Gasteiger partial charge on any atom is 0.330 e. The number of aromatic nitrogens is 1. The molecule has 1 aromatic heterocycles. The molecule has 0 aliphatic heterocycles. The number of carbonyl (C=O) groups excluding carboxylic acids is 1. The number of nitrogen functional groups attached to an aromatic ring is 1. The predicted octanol–water partition coefficient (Wildman–Crippen LogP) is 3.43. The monoisotopic (exact) mass is 377 g/mol. The number of halogens is 3. The molecule has 0 bridgehead atoms. The van der Waals surface area contributed by atoms with Crippen molar-refractivity contribution in [2.75, 3.05) is 5.73 Å². The molecule has 0 fully saturated rings. The highest BCUT2D eigenvalue weighted by Crippen LogP contribution is 2.29. The second-order valence-corrected chi connectivity index (χ2v) is 6.45. The van der Waals surface area contributed by atoms with Gasteiger partial charge in [0.1, 0.15) is 10.6 Å². The number of anilines is 1. The normalized spacial score (nSPS) is 11.1. The molecule has 1 aromatic carbocycles. The van der Waals surface area contributed by atoms with E-state index in [9.17, 15) is 4.79 Å². The number of hydrogen-bond acceptors (Lipinski definition) is 4. The number of nitrogens with two attached hydrogens (primary N) is 1. The fourth-order valence-electron chi connectivity index (χ4n) is 1.70. The number of hydrazone groups is 1. The van der Waals surface area contributed by atoms with Crippen LogP contribution in [0.3, 0.4) is 0 Å². The summed E-state index contributed by atoms with van der Waals surface area (Å²) in [7, 11) is 0. The maximum atomic E-state index is 12.1. The molecule has 0 aliphatic carbocycles. The Balaban J connectivity index is 2.16. The summed E-state index contributed by atoms with van der Waals surface area (Å²) >= 11 is 19.1. The minimum Gasteiger partial charge on any atom is -0.278 e. The van der Waals surface area contributed by atoms with Crippen molar-refractivity contribution in [3.05, 3.63) is 43.3 Å². The lowest BCUT2D eigenvalue weighted by Crippen LogP contribution is -2.20. The number of benzene rings is 1. The summed E-state index contributed by atoms with van der Waals surface area (Å²) < 4.78 is 0. The molecule has 9 heteroatoms. The molecule has 0 saturated carbocycles. The van der Waals surface area contributed by atoms with Crippen LogP contribution >= 0.6 is 46.1 Å². The Hall–Kier alpha value is -1.34. The second-order valence-electron chi connectivity index (χ2n) is 4.21. The molecule has 1 heterocycles. The number of aromatic amines is 1. The molecule has 0 spiro atoms. The zero-order valence-corrected chi connectivity index (χ0v) is 14.5. The summed E-state index contributed by atoms with van der Waals surface area (Å²) in [5.41, 5.74) is 9.27. The van der Waals surface area contributed by atoms with E-state index in [0.29, 0.717) is 32.0 Å². The second kappa shape index (κ2) is 7.28. The van der Waals surface area contributed by atoms with E-state index in [-0.39, 0.29) is 10.9 Å². The van der Waals surface area contributed by atoms with Crippen LogP contribution in [0.4, 0.5) is 5.13 Å². The van der Waals surface area contributed by atoms with Gasteiger partial charge in [0.15, 0.2) is 0 Å². The van der Waals surface area contributed by atoms with E-state index in [4.69, 9.17) is 40.5 Å². The molecule has 2 aromatic rings. The minimum absolute atomic E-state index is 0.273. The van der Waals surface area contributed by atoms with Crippen molar-refractivity contribution < 1.29 is 9.78 Å². The average molecular weight is 379 g/mol. The molecular formula is C13H12Cl3N4OS+. The van der Waals surface area contributed by atoms with E-state index in [2.05, 4.69) is 15.5 Å². The number of aryl methyl sites for hydroxylation is 1. The summed E-state index contributed by atoms with van der Waals surface area (Å²) in [6, 6.07) is 3.18. The standard InChI is InChI=1S/C13H11Cl3N4OS/c1-2-9-11(22-13(17)19-9)12(21)20-18-5-6-7(14)3-4-8(15)10(6)16/h3-5H,2H2,1H3,(H2,17,19)(H,20,21)/p+1. The van der Waals surface area contributed by atoms with Crippen LogP contribution in [0.1, 0.15) is 27.9 Å². The Labute approximate surface area is 146 Å². The first-order valence-electron chi connectivity index (χ1n) is 6.21. The quantitative estimate of drug-likeness (QED) is 0.485. The molecule has 0 radical (unpaired) electrons. The molecule has 0 aliphatic rings. The van der Waals surface area contributed by atoms with Gasteiger partial charge < -0.3 is 0 Å². The number of rotatable bonds is 4. The lowest BCUT2D eigenvalue weighted by molar-refractivity contribution is -0.366. The molecule has 0 unspecified atom stereocenters. The largest absolute Gasteiger partial charge is 0.330 e. The number of thiazole rings is 1. The van der Waals surface area contributed by atoms with Crippen molar-refractivity contribution in [1.29, 1.82) is 0 Å². The van der Waals surface area contributed by atoms with Crippen LogP contribution in [-0.2, 0) is 6.42 Å². The summed E-state index contributed by atoms with van der Waals surface area (Å²) in [5, 5.41) is 5.34. The Morgan fingerprint density at radius 2 is 2.09 bits per heavy atom. The van der Waals surface area contributed by atoms with Gasteiger partial charge in [-0.2, -0.15) is 5.10 Å². The third-order valence-corrected chi connectivity index (χ3v) is 4.87. The van der Waals surface area contributed by atoms with E-state index in [1.807, 2.05) is 6.92 Å². The minimum atomic E-state index is -0.361. The SMILES string of the molecule is CCc1[nH+]c(N)sc1C(=O)NN=Cc1c(Cl)ccc(Cl)c1Cl. The van der Waals surface area contributed by atoms with Gasteiger partial charge in [-0.1, -0.05) is 41.7 Å². The smallest absolute Gasteiger partial charge is 0.278 e. The molecule has 116 valence electrons. The van der Waals surface area contributed by atoms with Crippen molar-refractivity contribution >= 4 is 63.4 Å². The molecule has 0 atom stereocenters. The highest BCUT2D eigenvalue weighted by molar-refractivity contribution is 7.16. The molecule has 1 amide bonds. The van der Waals surface area contributed by atoms with Gasteiger partial charge in [0.2, 0.25) is 0 Å². The van der Waals surface area contributed by atoms with E-state index >= 15 is 0 Å². The number of carbonyl (C=O) groups is 1. The summed E-state index contributed by atoms with van der Waals surface area (Å²) in [5.74, 6) is -0.361. The zero-order valence-electron chi connectivity index (χ0n) is 11.4. The molecule has 0 saturated heterocycles. The van der Waals surface area contributed by atoms with Crippen molar-refractivity contribution in [1.82, 2.24) is 5.43 Å². The van der Waals surface area contributed by atoms with Gasteiger partial charge in [-0.3, -0.25) is 10.5 Å².